The van der Waals surface area contributed by atoms with E-state index in [0.717, 1.165) is 11.3 Å². The van der Waals surface area contributed by atoms with Crippen molar-refractivity contribution in [1.82, 2.24) is 9.55 Å². The second kappa shape index (κ2) is 3.05. The Balaban J connectivity index is 2.47. The largest absolute Gasteiger partial charge is 0.351 e. The lowest BCUT2D eigenvalue weighted by Gasteiger charge is -2.02. The molecule has 2 aromatic rings. The van der Waals surface area contributed by atoms with Crippen LogP contribution in [0.2, 0.25) is 0 Å². The highest BCUT2D eigenvalue weighted by atomic mass is 14.9. The summed E-state index contributed by atoms with van der Waals surface area (Å²) in [7, 11) is 2.04. The van der Waals surface area contributed by atoms with Crippen molar-refractivity contribution in [3.63, 3.8) is 0 Å². The van der Waals surface area contributed by atoms with Crippen molar-refractivity contribution in [3.05, 3.63) is 42.4 Å². The van der Waals surface area contributed by atoms with Crippen molar-refractivity contribution in [1.29, 1.82) is 0 Å². The van der Waals surface area contributed by atoms with Gasteiger partial charge < -0.3 is 4.57 Å². The lowest BCUT2D eigenvalue weighted by Crippen LogP contribution is -1.90. The van der Waals surface area contributed by atoms with Gasteiger partial charge in [-0.1, -0.05) is 0 Å². The molecular formula is C11H12N2. The maximum absolute atomic E-state index is 4.26. The van der Waals surface area contributed by atoms with Gasteiger partial charge in [0.25, 0.3) is 0 Å². The fraction of sp³-hybridized carbons (Fsp3) is 0.182. The molecule has 0 unspecified atom stereocenters. The third-order valence-corrected chi connectivity index (χ3v) is 2.15. The summed E-state index contributed by atoms with van der Waals surface area (Å²) in [6.45, 7) is 1.99. The van der Waals surface area contributed by atoms with E-state index < -0.39 is 0 Å². The number of rotatable bonds is 1. The number of nitrogens with zero attached hydrogens (tertiary/aromatic N) is 2. The average Bonchev–Trinajstić information content (AvgIpc) is 2.53. The Morgan fingerprint density at radius 2 is 2.08 bits per heavy atom. The molecule has 0 aromatic carbocycles. The Kier molecular flexibility index (Phi) is 1.89. The van der Waals surface area contributed by atoms with Crippen LogP contribution in [0, 0.1) is 6.92 Å². The van der Waals surface area contributed by atoms with Crippen molar-refractivity contribution >= 4 is 0 Å². The van der Waals surface area contributed by atoms with E-state index in [1.807, 2.05) is 38.5 Å². The average molecular weight is 172 g/mol. The number of pyridine rings is 1. The fourth-order valence-electron chi connectivity index (χ4n) is 1.38. The fourth-order valence-corrected chi connectivity index (χ4v) is 1.38. The van der Waals surface area contributed by atoms with Gasteiger partial charge in [-0.3, -0.25) is 4.98 Å². The molecule has 0 N–H and O–H groups in total. The zero-order valence-corrected chi connectivity index (χ0v) is 7.86. The molecule has 0 saturated heterocycles. The van der Waals surface area contributed by atoms with E-state index in [4.69, 9.17) is 0 Å². The normalized spacial score (nSPS) is 10.3. The van der Waals surface area contributed by atoms with Crippen LogP contribution in [0.25, 0.3) is 11.3 Å². The Bertz CT molecular complexity index is 398. The van der Waals surface area contributed by atoms with Gasteiger partial charge in [0.1, 0.15) is 0 Å². The molecule has 0 amide bonds. The molecule has 0 spiro atoms. The molecule has 0 aliphatic heterocycles. The first-order chi connectivity index (χ1) is 6.27. The molecule has 2 heteroatoms. The second-order valence-corrected chi connectivity index (χ2v) is 3.19. The molecule has 0 fully saturated rings. The van der Waals surface area contributed by atoms with Crippen LogP contribution >= 0.6 is 0 Å². The van der Waals surface area contributed by atoms with Crippen LogP contribution in [-0.2, 0) is 7.05 Å². The van der Waals surface area contributed by atoms with Crippen LogP contribution in [0.3, 0.4) is 0 Å². The number of hydrogen-bond acceptors (Lipinski definition) is 1. The molecule has 0 aliphatic rings. The van der Waals surface area contributed by atoms with Crippen molar-refractivity contribution in [2.24, 2.45) is 7.05 Å². The third kappa shape index (κ3) is 1.47. The molecule has 0 radical (unpaired) electrons. The quantitative estimate of drug-likeness (QED) is 0.645. The van der Waals surface area contributed by atoms with Gasteiger partial charge >= 0.3 is 0 Å². The summed E-state index contributed by atoms with van der Waals surface area (Å²) in [4.78, 5) is 4.26. The minimum atomic E-state index is 1.05. The first-order valence-corrected chi connectivity index (χ1v) is 4.32. The number of aromatic nitrogens is 2. The molecule has 0 atom stereocenters. The molecule has 2 nitrogen and oxygen atoms in total. The molecule has 2 heterocycles. The van der Waals surface area contributed by atoms with Gasteiger partial charge in [0.15, 0.2) is 0 Å². The summed E-state index contributed by atoms with van der Waals surface area (Å²) in [5.74, 6) is 0. The predicted molar refractivity (Wildman–Crippen MR) is 53.4 cm³/mol. The molecule has 2 rings (SSSR count). The van der Waals surface area contributed by atoms with Crippen molar-refractivity contribution in [2.45, 2.75) is 6.92 Å². The summed E-state index contributed by atoms with van der Waals surface area (Å²) >= 11 is 0. The summed E-state index contributed by atoms with van der Waals surface area (Å²) in [5, 5.41) is 0. The van der Waals surface area contributed by atoms with E-state index in [9.17, 15) is 0 Å². The number of hydrogen-bond donors (Lipinski definition) is 0. The van der Waals surface area contributed by atoms with E-state index in [1.165, 1.54) is 5.69 Å². The smallest absolute Gasteiger partial charge is 0.0493 e. The molecular weight excluding hydrogens is 160 g/mol. The van der Waals surface area contributed by atoms with E-state index in [1.54, 1.807) is 0 Å². The van der Waals surface area contributed by atoms with Crippen molar-refractivity contribution in [2.75, 3.05) is 0 Å². The van der Waals surface area contributed by atoms with E-state index in [2.05, 4.69) is 21.7 Å². The van der Waals surface area contributed by atoms with Gasteiger partial charge in [0.05, 0.1) is 0 Å². The molecule has 0 bridgehead atoms. The van der Waals surface area contributed by atoms with Crippen LogP contribution in [0.4, 0.5) is 0 Å². The Labute approximate surface area is 77.9 Å². The standard InChI is InChI=1S/C11H12N2/c1-9-5-6-10(8-12-9)11-4-3-7-13(11)2/h3-8H,1-2H3. The Hall–Kier alpha value is -1.57. The van der Waals surface area contributed by atoms with Crippen LogP contribution in [0.15, 0.2) is 36.7 Å². The lowest BCUT2D eigenvalue weighted by atomic mass is 10.2. The van der Waals surface area contributed by atoms with Gasteiger partial charge in [-0.2, -0.15) is 0 Å². The molecule has 13 heavy (non-hydrogen) atoms. The number of aryl methyl sites for hydroxylation is 2. The minimum absolute atomic E-state index is 1.05. The van der Waals surface area contributed by atoms with E-state index >= 15 is 0 Å². The van der Waals surface area contributed by atoms with Crippen molar-refractivity contribution in [3.8, 4) is 11.3 Å². The SMILES string of the molecule is Cc1ccc(-c2cccn2C)cn1. The third-order valence-electron chi connectivity index (χ3n) is 2.15. The zero-order valence-electron chi connectivity index (χ0n) is 7.86. The van der Waals surface area contributed by atoms with Gasteiger partial charge in [-0.05, 0) is 31.2 Å². The first-order valence-electron chi connectivity index (χ1n) is 4.32. The summed E-state index contributed by atoms with van der Waals surface area (Å²) in [5.41, 5.74) is 3.42. The Morgan fingerprint density at radius 3 is 2.62 bits per heavy atom. The highest BCUT2D eigenvalue weighted by molar-refractivity contribution is 5.58. The van der Waals surface area contributed by atoms with E-state index in [-0.39, 0.29) is 0 Å². The van der Waals surface area contributed by atoms with Crippen LogP contribution in [0.5, 0.6) is 0 Å². The molecule has 0 aliphatic carbocycles. The topological polar surface area (TPSA) is 17.8 Å². The minimum Gasteiger partial charge on any atom is -0.351 e. The first kappa shape index (κ1) is 8.05. The van der Waals surface area contributed by atoms with E-state index in [0.29, 0.717) is 0 Å². The van der Waals surface area contributed by atoms with Gasteiger partial charge in [0, 0.05) is 36.4 Å². The molecule has 66 valence electrons. The highest BCUT2D eigenvalue weighted by Crippen LogP contribution is 2.17. The predicted octanol–water partition coefficient (Wildman–Crippen LogP) is 2.40. The Morgan fingerprint density at radius 1 is 1.23 bits per heavy atom. The highest BCUT2D eigenvalue weighted by Gasteiger charge is 1.99. The van der Waals surface area contributed by atoms with Gasteiger partial charge in [0.2, 0.25) is 0 Å². The zero-order chi connectivity index (χ0) is 9.26. The molecule has 0 saturated carbocycles. The lowest BCUT2D eigenvalue weighted by molar-refractivity contribution is 0.935. The molecule has 2 aromatic heterocycles. The maximum Gasteiger partial charge on any atom is 0.0493 e. The summed E-state index contributed by atoms with van der Waals surface area (Å²) in [6, 6.07) is 8.25. The maximum atomic E-state index is 4.26. The summed E-state index contributed by atoms with van der Waals surface area (Å²) < 4.78 is 2.09. The van der Waals surface area contributed by atoms with Crippen LogP contribution in [0.1, 0.15) is 5.69 Å². The van der Waals surface area contributed by atoms with Gasteiger partial charge in [-0.15, -0.1) is 0 Å². The summed E-state index contributed by atoms with van der Waals surface area (Å²) in [6.07, 6.45) is 3.94. The monoisotopic (exact) mass is 172 g/mol. The van der Waals surface area contributed by atoms with Gasteiger partial charge in [-0.25, -0.2) is 0 Å². The second-order valence-electron chi connectivity index (χ2n) is 3.19. The van der Waals surface area contributed by atoms with Crippen LogP contribution in [-0.4, -0.2) is 9.55 Å². The van der Waals surface area contributed by atoms with Crippen LogP contribution < -0.4 is 0 Å². The van der Waals surface area contributed by atoms with Crippen molar-refractivity contribution < 1.29 is 0 Å².